The zero-order valence-corrected chi connectivity index (χ0v) is 6.92. The fourth-order valence-electron chi connectivity index (χ4n) is 1.06. The van der Waals surface area contributed by atoms with E-state index in [-0.39, 0.29) is 0 Å². The van der Waals surface area contributed by atoms with E-state index in [1.807, 2.05) is 0 Å². The molecule has 0 spiro atoms. The van der Waals surface area contributed by atoms with Gasteiger partial charge >= 0.3 is 0 Å². The van der Waals surface area contributed by atoms with Crippen molar-refractivity contribution in [3.63, 3.8) is 0 Å². The number of halogens is 1. The van der Waals surface area contributed by atoms with Crippen LogP contribution >= 0.6 is 11.6 Å². The molecule has 0 aliphatic carbocycles. The van der Waals surface area contributed by atoms with Crippen LogP contribution in [0, 0.1) is 0 Å². The van der Waals surface area contributed by atoms with Gasteiger partial charge in [-0.05, 0) is 0 Å². The first kappa shape index (κ1) is 10.2. The number of hydrogen-bond donors (Lipinski definition) is 4. The Bertz CT molecular complexity index is 150. The van der Waals surface area contributed by atoms with E-state index in [4.69, 9.17) is 31.7 Å². The van der Waals surface area contributed by atoms with Gasteiger partial charge in [-0.3, -0.25) is 0 Å². The molecule has 5 atom stereocenters. The molecule has 12 heavy (non-hydrogen) atoms. The van der Waals surface area contributed by atoms with Crippen LogP contribution in [0.25, 0.3) is 0 Å². The van der Waals surface area contributed by atoms with E-state index < -0.39 is 36.6 Å². The van der Waals surface area contributed by atoms with Gasteiger partial charge in [0.25, 0.3) is 0 Å². The van der Waals surface area contributed by atoms with Crippen LogP contribution < -0.4 is 0 Å². The maximum atomic E-state index is 9.17. The molecule has 0 saturated carbocycles. The number of aliphatic hydroxyl groups excluding tert-OH is 4. The molecule has 0 aromatic heterocycles. The smallest absolute Gasteiger partial charge is 0.160 e. The van der Waals surface area contributed by atoms with E-state index >= 15 is 0 Å². The van der Waals surface area contributed by atoms with E-state index in [0.717, 1.165) is 0 Å². The van der Waals surface area contributed by atoms with Gasteiger partial charge in [0.05, 0.1) is 6.61 Å². The first-order valence-corrected chi connectivity index (χ1v) is 3.96. The Morgan fingerprint density at radius 2 is 1.67 bits per heavy atom. The molecule has 0 bridgehead atoms. The van der Waals surface area contributed by atoms with E-state index in [1.54, 1.807) is 0 Å². The summed E-state index contributed by atoms with van der Waals surface area (Å²) < 4.78 is 4.79. The van der Waals surface area contributed by atoms with Gasteiger partial charge in [-0.25, -0.2) is 0 Å². The third kappa shape index (κ3) is 1.71. The van der Waals surface area contributed by atoms with Crippen molar-refractivity contribution in [1.29, 1.82) is 0 Å². The molecule has 1 aliphatic rings. The monoisotopic (exact) mass is 198 g/mol. The number of alkyl halides is 1. The number of ether oxygens (including phenoxy) is 1. The predicted molar refractivity (Wildman–Crippen MR) is 39.6 cm³/mol. The Kier molecular flexibility index (Phi) is 3.28. The van der Waals surface area contributed by atoms with Gasteiger partial charge in [0.15, 0.2) is 5.56 Å². The molecule has 0 radical (unpaired) electrons. The first-order chi connectivity index (χ1) is 5.57. The summed E-state index contributed by atoms with van der Waals surface area (Å²) in [5.74, 6) is 0. The van der Waals surface area contributed by atoms with Crippen molar-refractivity contribution < 1.29 is 25.2 Å². The lowest BCUT2D eigenvalue weighted by atomic mass is 10.0. The highest BCUT2D eigenvalue weighted by molar-refractivity contribution is 6.20. The van der Waals surface area contributed by atoms with Crippen LogP contribution in [0.15, 0.2) is 0 Å². The van der Waals surface area contributed by atoms with Crippen LogP contribution in [0.4, 0.5) is 0 Å². The molecule has 0 aromatic carbocycles. The second-order valence-electron chi connectivity index (χ2n) is 2.68. The van der Waals surface area contributed by atoms with Crippen LogP contribution in [-0.2, 0) is 4.74 Å². The Morgan fingerprint density at radius 3 is 2.17 bits per heavy atom. The summed E-state index contributed by atoms with van der Waals surface area (Å²) >= 11 is 5.45. The van der Waals surface area contributed by atoms with Gasteiger partial charge in [0.2, 0.25) is 0 Å². The zero-order valence-electron chi connectivity index (χ0n) is 6.17. The summed E-state index contributed by atoms with van der Waals surface area (Å²) in [6.45, 7) is -0.450. The van der Waals surface area contributed by atoms with E-state index in [0.29, 0.717) is 0 Å². The van der Waals surface area contributed by atoms with Crippen molar-refractivity contribution in [1.82, 2.24) is 0 Å². The van der Waals surface area contributed by atoms with Gasteiger partial charge in [-0.2, -0.15) is 0 Å². The van der Waals surface area contributed by atoms with E-state index in [2.05, 4.69) is 0 Å². The van der Waals surface area contributed by atoms with Crippen LogP contribution in [0.3, 0.4) is 0 Å². The molecule has 0 unspecified atom stereocenters. The van der Waals surface area contributed by atoms with Crippen LogP contribution in [0.5, 0.6) is 0 Å². The van der Waals surface area contributed by atoms with Crippen molar-refractivity contribution >= 4 is 11.6 Å². The highest BCUT2D eigenvalue weighted by atomic mass is 35.5. The Hall–Kier alpha value is 0.0900. The van der Waals surface area contributed by atoms with Crippen LogP contribution in [0.1, 0.15) is 0 Å². The molecule has 1 aliphatic heterocycles. The molecule has 6 heteroatoms. The SMILES string of the molecule is OC[C@H]1O[C@@H](Cl)[C@H](O)[C@@H](O)[C@@H]1O. The van der Waals surface area contributed by atoms with E-state index in [9.17, 15) is 5.11 Å². The topological polar surface area (TPSA) is 90.2 Å². The van der Waals surface area contributed by atoms with Gasteiger partial charge in [0.1, 0.15) is 24.4 Å². The summed E-state index contributed by atoms with van der Waals surface area (Å²) in [6.07, 6.45) is -4.95. The lowest BCUT2D eigenvalue weighted by Gasteiger charge is -2.37. The highest BCUT2D eigenvalue weighted by Crippen LogP contribution is 2.22. The molecule has 0 amide bonds. The van der Waals surface area contributed by atoms with Crippen molar-refractivity contribution in [2.24, 2.45) is 0 Å². The predicted octanol–water partition coefficient (Wildman–Crippen LogP) is -1.97. The molecule has 72 valence electrons. The number of aliphatic hydroxyl groups is 4. The average molecular weight is 199 g/mol. The molecule has 1 fully saturated rings. The summed E-state index contributed by atoms with van der Waals surface area (Å²) in [4.78, 5) is 0. The van der Waals surface area contributed by atoms with Gasteiger partial charge in [0, 0.05) is 0 Å². The minimum absolute atomic E-state index is 0.450. The van der Waals surface area contributed by atoms with Crippen molar-refractivity contribution in [3.8, 4) is 0 Å². The number of hydrogen-bond acceptors (Lipinski definition) is 5. The van der Waals surface area contributed by atoms with Gasteiger partial charge in [-0.1, -0.05) is 11.6 Å². The third-order valence-electron chi connectivity index (χ3n) is 1.83. The van der Waals surface area contributed by atoms with Gasteiger partial charge in [-0.15, -0.1) is 0 Å². The second kappa shape index (κ2) is 3.87. The molecule has 1 saturated heterocycles. The number of rotatable bonds is 1. The van der Waals surface area contributed by atoms with Crippen LogP contribution in [0.2, 0.25) is 0 Å². The largest absolute Gasteiger partial charge is 0.394 e. The van der Waals surface area contributed by atoms with Crippen molar-refractivity contribution in [2.45, 2.75) is 30.0 Å². The molecule has 5 nitrogen and oxygen atoms in total. The maximum Gasteiger partial charge on any atom is 0.160 e. The third-order valence-corrected chi connectivity index (χ3v) is 2.20. The highest BCUT2D eigenvalue weighted by Gasteiger charge is 2.42. The fraction of sp³-hybridized carbons (Fsp3) is 1.00. The lowest BCUT2D eigenvalue weighted by Crippen LogP contribution is -2.56. The summed E-state index contributed by atoms with van der Waals surface area (Å²) in [5, 5.41) is 36.0. The zero-order chi connectivity index (χ0) is 9.30. The molecular formula is C6H11ClO5. The van der Waals surface area contributed by atoms with Crippen molar-refractivity contribution in [3.05, 3.63) is 0 Å². The molecular weight excluding hydrogens is 188 g/mol. The van der Waals surface area contributed by atoms with Crippen molar-refractivity contribution in [2.75, 3.05) is 6.61 Å². The van der Waals surface area contributed by atoms with Gasteiger partial charge < -0.3 is 25.2 Å². The molecule has 1 heterocycles. The summed E-state index contributed by atoms with van der Waals surface area (Å²) in [5.41, 5.74) is -1.10. The Labute approximate surface area is 74.2 Å². The first-order valence-electron chi connectivity index (χ1n) is 3.52. The Morgan fingerprint density at radius 1 is 1.08 bits per heavy atom. The summed E-state index contributed by atoms with van der Waals surface area (Å²) in [6, 6.07) is 0. The standard InChI is InChI=1S/C6H11ClO5/c7-6-5(11)4(10)3(9)2(1-8)12-6/h2-6,8-11H,1H2/t2-,3-,4+,5-,6-/m1/s1. The minimum Gasteiger partial charge on any atom is -0.394 e. The maximum absolute atomic E-state index is 9.17. The average Bonchev–Trinajstić information content (AvgIpc) is 2.08. The molecule has 4 N–H and O–H groups in total. The lowest BCUT2D eigenvalue weighted by molar-refractivity contribution is -0.207. The molecule has 0 aromatic rings. The quantitative estimate of drug-likeness (QED) is 0.367. The second-order valence-corrected chi connectivity index (χ2v) is 3.11. The Balaban J connectivity index is 2.63. The normalized spacial score (nSPS) is 49.2. The summed E-state index contributed by atoms with van der Waals surface area (Å²) in [7, 11) is 0. The fourth-order valence-corrected chi connectivity index (χ4v) is 1.34. The van der Waals surface area contributed by atoms with Crippen LogP contribution in [-0.4, -0.2) is 57.0 Å². The minimum atomic E-state index is -1.38. The van der Waals surface area contributed by atoms with E-state index in [1.165, 1.54) is 0 Å². The molecule has 1 rings (SSSR count).